The van der Waals surface area contributed by atoms with Gasteiger partial charge in [0.1, 0.15) is 17.4 Å². The summed E-state index contributed by atoms with van der Waals surface area (Å²) in [6.45, 7) is -0.515. The van der Waals surface area contributed by atoms with Crippen molar-refractivity contribution in [2.24, 2.45) is 0 Å². The first-order chi connectivity index (χ1) is 11.1. The summed E-state index contributed by atoms with van der Waals surface area (Å²) in [7, 11) is 0. The van der Waals surface area contributed by atoms with E-state index >= 15 is 0 Å². The van der Waals surface area contributed by atoms with Crippen molar-refractivity contribution in [1.29, 1.82) is 5.26 Å². The number of hydrogen-bond donors (Lipinski definition) is 1. The largest absolute Gasteiger partial charge is 0.465 e. The van der Waals surface area contributed by atoms with Gasteiger partial charge in [-0.2, -0.15) is 5.26 Å². The molecule has 0 radical (unpaired) electrons. The topological polar surface area (TPSA) is 92.3 Å². The van der Waals surface area contributed by atoms with Crippen molar-refractivity contribution in [3.8, 4) is 6.07 Å². The van der Waals surface area contributed by atoms with Crippen LogP contribution in [0.4, 0.5) is 5.69 Å². The fourth-order valence-electron chi connectivity index (χ4n) is 1.59. The molecule has 1 N–H and O–H groups in total. The van der Waals surface area contributed by atoms with Crippen molar-refractivity contribution in [3.05, 3.63) is 59.0 Å². The van der Waals surface area contributed by atoms with Gasteiger partial charge in [-0.25, -0.2) is 4.79 Å². The van der Waals surface area contributed by atoms with E-state index in [-0.39, 0.29) is 5.57 Å². The fourth-order valence-corrected chi connectivity index (χ4v) is 1.72. The molecule has 116 valence electrons. The van der Waals surface area contributed by atoms with Crippen molar-refractivity contribution in [3.63, 3.8) is 0 Å². The highest BCUT2D eigenvalue weighted by Crippen LogP contribution is 2.13. The quantitative estimate of drug-likeness (QED) is 0.517. The van der Waals surface area contributed by atoms with Crippen LogP contribution in [0.25, 0.3) is 6.08 Å². The maximum Gasteiger partial charge on any atom is 0.349 e. The predicted molar refractivity (Wildman–Crippen MR) is 83.3 cm³/mol. The van der Waals surface area contributed by atoms with Gasteiger partial charge in [0.2, 0.25) is 0 Å². The molecule has 1 aromatic carbocycles. The van der Waals surface area contributed by atoms with Gasteiger partial charge in [0.05, 0.1) is 6.26 Å². The molecule has 0 saturated heterocycles. The number of nitriles is 1. The third-order valence-electron chi connectivity index (χ3n) is 2.63. The second-order valence-corrected chi connectivity index (χ2v) is 4.75. The van der Waals surface area contributed by atoms with E-state index in [9.17, 15) is 9.59 Å². The lowest BCUT2D eigenvalue weighted by Crippen LogP contribution is -2.21. The number of carbonyl (C=O) groups is 2. The van der Waals surface area contributed by atoms with Gasteiger partial charge >= 0.3 is 5.97 Å². The Hall–Kier alpha value is -3.04. The van der Waals surface area contributed by atoms with Crippen LogP contribution in [-0.2, 0) is 14.3 Å². The number of rotatable bonds is 5. The Morgan fingerprint density at radius 1 is 1.30 bits per heavy atom. The number of furan rings is 1. The van der Waals surface area contributed by atoms with Crippen LogP contribution in [-0.4, -0.2) is 18.5 Å². The molecule has 0 bridgehead atoms. The molecular weight excluding hydrogens is 320 g/mol. The smallest absolute Gasteiger partial charge is 0.349 e. The number of ether oxygens (including phenoxy) is 1. The van der Waals surface area contributed by atoms with E-state index in [4.69, 9.17) is 26.0 Å². The number of halogens is 1. The molecule has 7 heteroatoms. The Morgan fingerprint density at radius 3 is 2.65 bits per heavy atom. The lowest BCUT2D eigenvalue weighted by atomic mass is 10.2. The van der Waals surface area contributed by atoms with Crippen LogP contribution in [0.3, 0.4) is 0 Å². The predicted octanol–water partition coefficient (Wildman–Crippen LogP) is 3.02. The number of anilines is 1. The Kier molecular flexibility index (Phi) is 5.56. The summed E-state index contributed by atoms with van der Waals surface area (Å²) in [5.74, 6) is -1.10. The molecule has 1 amide bonds. The molecule has 0 saturated carbocycles. The van der Waals surface area contributed by atoms with Crippen molar-refractivity contribution in [2.45, 2.75) is 0 Å². The normalized spacial score (nSPS) is 10.7. The van der Waals surface area contributed by atoms with Crippen molar-refractivity contribution < 1.29 is 18.7 Å². The van der Waals surface area contributed by atoms with Gasteiger partial charge in [0.25, 0.3) is 5.91 Å². The number of nitrogens with zero attached hydrogens (tertiary/aromatic N) is 1. The van der Waals surface area contributed by atoms with Gasteiger partial charge in [0, 0.05) is 16.8 Å². The molecule has 0 aliphatic carbocycles. The van der Waals surface area contributed by atoms with E-state index in [0.29, 0.717) is 16.5 Å². The highest BCUT2D eigenvalue weighted by molar-refractivity contribution is 6.30. The first-order valence-corrected chi connectivity index (χ1v) is 6.84. The average Bonchev–Trinajstić information content (AvgIpc) is 3.05. The van der Waals surface area contributed by atoms with Gasteiger partial charge in [-0.3, -0.25) is 4.79 Å². The Bertz CT molecular complexity index is 758. The maximum absolute atomic E-state index is 11.7. The second kappa shape index (κ2) is 7.82. The third-order valence-corrected chi connectivity index (χ3v) is 2.88. The highest BCUT2D eigenvalue weighted by Gasteiger charge is 2.14. The number of amides is 1. The third kappa shape index (κ3) is 5.02. The van der Waals surface area contributed by atoms with Gasteiger partial charge in [-0.1, -0.05) is 11.6 Å². The van der Waals surface area contributed by atoms with Crippen LogP contribution < -0.4 is 5.32 Å². The van der Waals surface area contributed by atoms with Crippen LogP contribution in [0.1, 0.15) is 5.76 Å². The summed E-state index contributed by atoms with van der Waals surface area (Å²) in [4.78, 5) is 23.4. The van der Waals surface area contributed by atoms with E-state index < -0.39 is 18.5 Å². The number of benzene rings is 1. The fraction of sp³-hybridized carbons (Fsp3) is 0.0625. The molecule has 0 aliphatic heterocycles. The number of carbonyl (C=O) groups excluding carboxylic acids is 2. The zero-order valence-electron chi connectivity index (χ0n) is 11.8. The monoisotopic (exact) mass is 330 g/mol. The number of nitrogens with one attached hydrogen (secondary N) is 1. The van der Waals surface area contributed by atoms with E-state index in [1.165, 1.54) is 12.3 Å². The van der Waals surface area contributed by atoms with E-state index in [1.54, 1.807) is 42.5 Å². The van der Waals surface area contributed by atoms with Crippen LogP contribution >= 0.6 is 11.6 Å². The minimum absolute atomic E-state index is 0.265. The summed E-state index contributed by atoms with van der Waals surface area (Å²) in [6.07, 6.45) is 2.64. The number of hydrogen-bond acceptors (Lipinski definition) is 5. The summed E-state index contributed by atoms with van der Waals surface area (Å²) in [6, 6.07) is 11.3. The average molecular weight is 331 g/mol. The van der Waals surface area contributed by atoms with E-state index in [0.717, 1.165) is 0 Å². The highest BCUT2D eigenvalue weighted by atomic mass is 35.5. The summed E-state index contributed by atoms with van der Waals surface area (Å²) in [5.41, 5.74) is 0.251. The second-order valence-electron chi connectivity index (χ2n) is 4.32. The first kappa shape index (κ1) is 16.3. The number of esters is 1. The van der Waals surface area contributed by atoms with E-state index in [1.807, 2.05) is 0 Å². The molecule has 6 nitrogen and oxygen atoms in total. The van der Waals surface area contributed by atoms with Gasteiger partial charge < -0.3 is 14.5 Å². The molecular formula is C16H11ClN2O4. The van der Waals surface area contributed by atoms with Crippen LogP contribution in [0, 0.1) is 11.3 Å². The lowest BCUT2D eigenvalue weighted by Gasteiger charge is -2.06. The molecule has 2 rings (SSSR count). The zero-order valence-corrected chi connectivity index (χ0v) is 12.5. The summed E-state index contributed by atoms with van der Waals surface area (Å²) >= 11 is 5.73. The van der Waals surface area contributed by atoms with Gasteiger partial charge in [-0.05, 0) is 36.4 Å². The van der Waals surface area contributed by atoms with Crippen LogP contribution in [0.15, 0.2) is 52.7 Å². The van der Waals surface area contributed by atoms with Crippen LogP contribution in [0.2, 0.25) is 5.02 Å². The zero-order chi connectivity index (χ0) is 16.7. The molecule has 2 aromatic rings. The molecule has 0 unspecified atom stereocenters. The Balaban J connectivity index is 1.89. The van der Waals surface area contributed by atoms with Crippen molar-refractivity contribution >= 4 is 35.2 Å². The Morgan fingerprint density at radius 2 is 2.04 bits per heavy atom. The molecule has 1 aromatic heterocycles. The molecule has 0 spiro atoms. The van der Waals surface area contributed by atoms with Gasteiger partial charge in [0.15, 0.2) is 6.61 Å². The van der Waals surface area contributed by atoms with E-state index in [2.05, 4.69) is 5.32 Å². The summed E-state index contributed by atoms with van der Waals surface area (Å²) in [5, 5.41) is 12.0. The first-order valence-electron chi connectivity index (χ1n) is 6.46. The lowest BCUT2D eigenvalue weighted by molar-refractivity contribution is -0.142. The Labute approximate surface area is 136 Å². The minimum atomic E-state index is -0.907. The SMILES string of the molecule is N#C/C(=C\c1ccco1)C(=O)OCC(=O)Nc1ccc(Cl)cc1. The molecule has 0 fully saturated rings. The molecule has 1 heterocycles. The van der Waals surface area contributed by atoms with Crippen molar-refractivity contribution in [1.82, 2.24) is 0 Å². The molecule has 23 heavy (non-hydrogen) atoms. The molecule has 0 atom stereocenters. The summed E-state index contributed by atoms with van der Waals surface area (Å²) < 4.78 is 9.80. The van der Waals surface area contributed by atoms with Crippen molar-refractivity contribution in [2.75, 3.05) is 11.9 Å². The minimum Gasteiger partial charge on any atom is -0.465 e. The molecule has 0 aliphatic rings. The van der Waals surface area contributed by atoms with Crippen LogP contribution in [0.5, 0.6) is 0 Å². The standard InChI is InChI=1S/C16H11ClN2O4/c17-12-3-5-13(6-4-12)19-15(20)10-23-16(21)11(9-18)8-14-2-1-7-22-14/h1-8H,10H2,(H,19,20)/b11-8+. The van der Waals surface area contributed by atoms with Gasteiger partial charge in [-0.15, -0.1) is 0 Å². The maximum atomic E-state index is 11.7.